The highest BCUT2D eigenvalue weighted by molar-refractivity contribution is 6.46. The van der Waals surface area contributed by atoms with Crippen molar-refractivity contribution in [3.05, 3.63) is 100 Å². The monoisotopic (exact) mass is 424 g/mol. The van der Waals surface area contributed by atoms with E-state index in [9.17, 15) is 9.59 Å². The number of nitrogens with zero attached hydrogens (tertiary/aromatic N) is 2. The molecule has 1 aliphatic heterocycles. The van der Waals surface area contributed by atoms with Gasteiger partial charge in [0.25, 0.3) is 11.8 Å². The number of carbonyl (C=O) groups is 2. The highest BCUT2D eigenvalue weighted by Crippen LogP contribution is 2.38. The Morgan fingerprint density at radius 1 is 0.750 bits per heavy atom. The maximum atomic E-state index is 13.9. The Kier molecular flexibility index (Phi) is 5.70. The molecule has 0 fully saturated rings. The largest absolute Gasteiger partial charge is 0.337 e. The quantitative estimate of drug-likeness (QED) is 0.491. The predicted molar refractivity (Wildman–Crippen MR) is 131 cm³/mol. The Bertz CT molecular complexity index is 1240. The molecule has 0 aliphatic carbocycles. The van der Waals surface area contributed by atoms with E-state index >= 15 is 0 Å². The third-order valence-corrected chi connectivity index (χ3v) is 6.11. The van der Waals surface area contributed by atoms with E-state index in [1.807, 2.05) is 100 Å². The molecular weight excluding hydrogens is 396 g/mol. The number of rotatable bonds is 5. The van der Waals surface area contributed by atoms with Gasteiger partial charge in [-0.15, -0.1) is 0 Å². The van der Waals surface area contributed by atoms with Crippen molar-refractivity contribution in [2.75, 3.05) is 16.3 Å². The fraction of sp³-hybridized carbons (Fsp3) is 0.214. The van der Waals surface area contributed by atoms with E-state index in [1.165, 1.54) is 4.90 Å². The first-order valence-electron chi connectivity index (χ1n) is 10.9. The van der Waals surface area contributed by atoms with Gasteiger partial charge in [-0.2, -0.15) is 0 Å². The van der Waals surface area contributed by atoms with Crippen LogP contribution in [0, 0.1) is 27.7 Å². The Labute approximate surface area is 189 Å². The first kappa shape index (κ1) is 21.6. The van der Waals surface area contributed by atoms with E-state index < -0.39 is 0 Å². The van der Waals surface area contributed by atoms with Crippen LogP contribution in [0.4, 0.5) is 11.4 Å². The van der Waals surface area contributed by atoms with Crippen LogP contribution < -0.4 is 9.80 Å². The van der Waals surface area contributed by atoms with Gasteiger partial charge < -0.3 is 4.90 Å². The van der Waals surface area contributed by atoms with Crippen LogP contribution >= 0.6 is 0 Å². The molecule has 0 saturated heterocycles. The predicted octanol–water partition coefficient (Wildman–Crippen LogP) is 5.73. The molecule has 0 radical (unpaired) electrons. The number of hydrogen-bond donors (Lipinski definition) is 0. The van der Waals surface area contributed by atoms with Gasteiger partial charge in [0.05, 0.1) is 11.3 Å². The van der Waals surface area contributed by atoms with Gasteiger partial charge in [0.15, 0.2) is 0 Å². The number of hydrogen-bond acceptors (Lipinski definition) is 3. The zero-order valence-corrected chi connectivity index (χ0v) is 19.3. The minimum atomic E-state index is -0.293. The molecule has 32 heavy (non-hydrogen) atoms. The van der Waals surface area contributed by atoms with Gasteiger partial charge in [-0.05, 0) is 81.1 Å². The van der Waals surface area contributed by atoms with Crippen molar-refractivity contribution < 1.29 is 9.59 Å². The van der Waals surface area contributed by atoms with Crippen LogP contribution in [0.2, 0.25) is 0 Å². The zero-order valence-electron chi connectivity index (χ0n) is 19.3. The lowest BCUT2D eigenvalue weighted by Crippen LogP contribution is -2.35. The van der Waals surface area contributed by atoms with Crippen LogP contribution in [-0.2, 0) is 9.59 Å². The summed E-state index contributed by atoms with van der Waals surface area (Å²) in [4.78, 5) is 30.9. The summed E-state index contributed by atoms with van der Waals surface area (Å²) in [5.74, 6) is -0.575. The summed E-state index contributed by atoms with van der Waals surface area (Å²) in [5.41, 5.74) is 7.42. The molecule has 4 nitrogen and oxygen atoms in total. The van der Waals surface area contributed by atoms with Gasteiger partial charge >= 0.3 is 0 Å². The summed E-state index contributed by atoms with van der Waals surface area (Å²) in [6.45, 7) is 10.6. The summed E-state index contributed by atoms with van der Waals surface area (Å²) in [6, 6.07) is 21.5. The van der Waals surface area contributed by atoms with Crippen LogP contribution in [0.5, 0.6) is 0 Å². The molecule has 0 unspecified atom stereocenters. The molecule has 1 heterocycles. The highest BCUT2D eigenvalue weighted by atomic mass is 16.2. The molecule has 0 bridgehead atoms. The molecule has 162 valence electrons. The van der Waals surface area contributed by atoms with Crippen LogP contribution in [0.3, 0.4) is 0 Å². The lowest BCUT2D eigenvalue weighted by atomic mass is 9.97. The van der Waals surface area contributed by atoms with Gasteiger partial charge in [0.2, 0.25) is 0 Å². The molecule has 1 aliphatic rings. The number of carbonyl (C=O) groups excluding carboxylic acids is 2. The highest BCUT2D eigenvalue weighted by Gasteiger charge is 2.43. The van der Waals surface area contributed by atoms with E-state index in [-0.39, 0.29) is 11.8 Å². The maximum absolute atomic E-state index is 13.9. The number of likely N-dealkylation sites (N-methyl/N-ethyl adjacent to an activating group) is 1. The van der Waals surface area contributed by atoms with Gasteiger partial charge in [-0.3, -0.25) is 9.59 Å². The molecule has 0 saturated carbocycles. The molecule has 2 amide bonds. The van der Waals surface area contributed by atoms with Crippen molar-refractivity contribution in [2.45, 2.75) is 34.6 Å². The molecule has 0 spiro atoms. The normalized spacial score (nSPS) is 13.8. The third kappa shape index (κ3) is 3.62. The SMILES string of the molecule is CCN(C1=C(c2ccc(C)cc2C)C(=O)N(c2ccc(C)c(C)c2)C1=O)c1ccccc1. The lowest BCUT2D eigenvalue weighted by molar-refractivity contribution is -0.120. The molecule has 3 aromatic carbocycles. The summed E-state index contributed by atoms with van der Waals surface area (Å²) in [6.07, 6.45) is 0. The van der Waals surface area contributed by atoms with Crippen molar-refractivity contribution in [1.82, 2.24) is 0 Å². The van der Waals surface area contributed by atoms with Crippen molar-refractivity contribution >= 4 is 28.8 Å². The minimum Gasteiger partial charge on any atom is -0.337 e. The molecular formula is C28H28N2O2. The van der Waals surface area contributed by atoms with E-state index in [0.29, 0.717) is 23.5 Å². The van der Waals surface area contributed by atoms with Crippen molar-refractivity contribution in [1.29, 1.82) is 0 Å². The molecule has 3 aromatic rings. The third-order valence-electron chi connectivity index (χ3n) is 6.11. The average Bonchev–Trinajstić information content (AvgIpc) is 3.02. The molecule has 0 atom stereocenters. The summed E-state index contributed by atoms with van der Waals surface area (Å²) in [5, 5.41) is 0. The van der Waals surface area contributed by atoms with E-state index in [1.54, 1.807) is 0 Å². The van der Waals surface area contributed by atoms with Gasteiger partial charge in [-0.1, -0.05) is 48.0 Å². The van der Waals surface area contributed by atoms with Crippen molar-refractivity contribution in [3.63, 3.8) is 0 Å². The summed E-state index contributed by atoms with van der Waals surface area (Å²) >= 11 is 0. The molecule has 0 aromatic heterocycles. The van der Waals surface area contributed by atoms with E-state index in [2.05, 4.69) is 6.07 Å². The Hall–Kier alpha value is -3.66. The maximum Gasteiger partial charge on any atom is 0.282 e. The second kappa shape index (κ2) is 8.46. The number of amides is 2. The van der Waals surface area contributed by atoms with Crippen molar-refractivity contribution in [2.24, 2.45) is 0 Å². The fourth-order valence-electron chi connectivity index (χ4n) is 4.28. The number of imide groups is 1. The lowest BCUT2D eigenvalue weighted by Gasteiger charge is -2.25. The number of anilines is 2. The van der Waals surface area contributed by atoms with Crippen LogP contribution in [0.25, 0.3) is 5.57 Å². The zero-order chi connectivity index (χ0) is 23.0. The second-order valence-electron chi connectivity index (χ2n) is 8.34. The summed E-state index contributed by atoms with van der Waals surface area (Å²) in [7, 11) is 0. The molecule has 4 rings (SSSR count). The Balaban J connectivity index is 1.94. The Morgan fingerprint density at radius 2 is 1.47 bits per heavy atom. The van der Waals surface area contributed by atoms with Crippen LogP contribution in [0.15, 0.2) is 72.4 Å². The second-order valence-corrected chi connectivity index (χ2v) is 8.34. The van der Waals surface area contributed by atoms with E-state index in [0.717, 1.165) is 33.5 Å². The van der Waals surface area contributed by atoms with Gasteiger partial charge in [-0.25, -0.2) is 4.90 Å². The number of para-hydroxylation sites is 1. The number of benzene rings is 3. The van der Waals surface area contributed by atoms with Crippen molar-refractivity contribution in [3.8, 4) is 0 Å². The van der Waals surface area contributed by atoms with Crippen LogP contribution in [0.1, 0.15) is 34.7 Å². The number of aryl methyl sites for hydroxylation is 4. The first-order chi connectivity index (χ1) is 15.3. The average molecular weight is 425 g/mol. The van der Waals surface area contributed by atoms with E-state index in [4.69, 9.17) is 0 Å². The van der Waals surface area contributed by atoms with Gasteiger partial charge in [0, 0.05) is 12.2 Å². The summed E-state index contributed by atoms with van der Waals surface area (Å²) < 4.78 is 0. The topological polar surface area (TPSA) is 40.6 Å². The standard InChI is InChI=1S/C28H28N2O2/c1-6-29(22-10-8-7-9-11-22)26-25(24-15-12-18(2)16-21(24)5)27(31)30(28(26)32)23-14-13-19(3)20(4)17-23/h7-17H,6H2,1-5H3. The van der Waals surface area contributed by atoms with Gasteiger partial charge in [0.1, 0.15) is 5.70 Å². The molecule has 4 heteroatoms. The van der Waals surface area contributed by atoms with Crippen LogP contribution in [-0.4, -0.2) is 18.4 Å². The minimum absolute atomic E-state index is 0.283. The first-order valence-corrected chi connectivity index (χ1v) is 10.9. The Morgan fingerprint density at radius 3 is 2.09 bits per heavy atom. The molecule has 0 N–H and O–H groups in total. The fourth-order valence-corrected chi connectivity index (χ4v) is 4.28. The smallest absolute Gasteiger partial charge is 0.282 e.